The van der Waals surface area contributed by atoms with Crippen LogP contribution < -0.4 is 15.4 Å². The number of pyridine rings is 1. The van der Waals surface area contributed by atoms with Gasteiger partial charge in [-0.25, -0.2) is 13.2 Å². The maximum atomic E-state index is 13.3. The number of hydrogen-bond donors (Lipinski definition) is 3. The molecule has 0 bridgehead atoms. The quantitative estimate of drug-likeness (QED) is 0.494. The van der Waals surface area contributed by atoms with E-state index in [0.717, 1.165) is 12.1 Å². The van der Waals surface area contributed by atoms with Crippen LogP contribution in [-0.4, -0.2) is 40.4 Å². The van der Waals surface area contributed by atoms with Gasteiger partial charge in [-0.05, 0) is 25.1 Å². The number of amides is 1. The summed E-state index contributed by atoms with van der Waals surface area (Å²) in [4.78, 5) is 23.3. The van der Waals surface area contributed by atoms with Gasteiger partial charge in [0.15, 0.2) is 12.3 Å². The second-order valence-electron chi connectivity index (χ2n) is 5.73. The Morgan fingerprint density at radius 1 is 1.24 bits per heavy atom. The van der Waals surface area contributed by atoms with Crippen LogP contribution in [0, 0.1) is 5.82 Å². The van der Waals surface area contributed by atoms with Crippen LogP contribution in [-0.2, 0) is 0 Å². The Hall–Kier alpha value is -2.72. The van der Waals surface area contributed by atoms with Crippen LogP contribution in [0.15, 0.2) is 18.2 Å². The van der Waals surface area contributed by atoms with E-state index in [9.17, 15) is 18.0 Å². The average Bonchev–Trinajstić information content (AvgIpc) is 3.03. The molecule has 2 heterocycles. The van der Waals surface area contributed by atoms with E-state index in [4.69, 9.17) is 27.9 Å². The van der Waals surface area contributed by atoms with Crippen molar-refractivity contribution in [3.63, 3.8) is 0 Å². The molecule has 0 aliphatic heterocycles. The Labute approximate surface area is 172 Å². The highest BCUT2D eigenvalue weighted by Gasteiger charge is 2.19. The molecule has 0 unspecified atom stereocenters. The van der Waals surface area contributed by atoms with Crippen LogP contribution in [0.25, 0.3) is 11.2 Å². The van der Waals surface area contributed by atoms with Gasteiger partial charge < -0.3 is 20.4 Å². The van der Waals surface area contributed by atoms with Crippen molar-refractivity contribution >= 4 is 51.9 Å². The molecule has 7 nitrogen and oxygen atoms in total. The number of imidazole rings is 1. The number of rotatable bonds is 7. The molecule has 0 radical (unpaired) electrons. The molecule has 2 aromatic heterocycles. The van der Waals surface area contributed by atoms with Gasteiger partial charge >= 0.3 is 0 Å². The maximum absolute atomic E-state index is 13.3. The van der Waals surface area contributed by atoms with Crippen LogP contribution in [0.5, 0.6) is 5.88 Å². The number of fused-ring (bicyclic) bond motifs is 1. The molecule has 0 aliphatic rings. The molecule has 154 valence electrons. The lowest BCUT2D eigenvalue weighted by molar-refractivity contribution is 0.0774. The van der Waals surface area contributed by atoms with E-state index in [2.05, 4.69) is 25.6 Å². The first kappa shape index (κ1) is 21.0. The number of carbonyl (C=O) groups excluding carboxylic acids is 1. The van der Waals surface area contributed by atoms with E-state index in [0.29, 0.717) is 12.1 Å². The fraction of sp³-hybridized carbons (Fsp3) is 0.235. The third kappa shape index (κ3) is 4.83. The monoisotopic (exact) mass is 447 g/mol. The van der Waals surface area contributed by atoms with Crippen molar-refractivity contribution < 1.29 is 22.7 Å². The van der Waals surface area contributed by atoms with E-state index < -0.39 is 24.8 Å². The molecule has 0 aliphatic carbocycles. The molecule has 0 atom stereocenters. The molecule has 3 N–H and O–H groups in total. The van der Waals surface area contributed by atoms with Crippen molar-refractivity contribution in [2.75, 3.05) is 18.5 Å². The van der Waals surface area contributed by atoms with Crippen molar-refractivity contribution in [2.45, 2.75) is 13.3 Å². The number of aromatic amines is 1. The van der Waals surface area contributed by atoms with Crippen LogP contribution >= 0.6 is 23.2 Å². The lowest BCUT2D eigenvalue weighted by atomic mass is 10.2. The van der Waals surface area contributed by atoms with Crippen LogP contribution in [0.4, 0.5) is 24.8 Å². The van der Waals surface area contributed by atoms with Gasteiger partial charge in [0.2, 0.25) is 11.8 Å². The predicted octanol–water partition coefficient (Wildman–Crippen LogP) is 4.54. The number of H-pyrrole nitrogens is 1. The second kappa shape index (κ2) is 8.75. The Morgan fingerprint density at radius 2 is 1.93 bits per heavy atom. The Balaban J connectivity index is 1.99. The minimum Gasteiger partial charge on any atom is -0.471 e. The second-order valence-corrected chi connectivity index (χ2v) is 6.54. The van der Waals surface area contributed by atoms with Gasteiger partial charge in [0, 0.05) is 6.54 Å². The Morgan fingerprint density at radius 3 is 2.55 bits per heavy atom. The van der Waals surface area contributed by atoms with Crippen molar-refractivity contribution in [2.24, 2.45) is 0 Å². The highest BCUT2D eigenvalue weighted by atomic mass is 35.5. The molecular formula is C17H14Cl2F3N5O2. The van der Waals surface area contributed by atoms with Gasteiger partial charge in [0.05, 0.1) is 21.2 Å². The predicted molar refractivity (Wildman–Crippen MR) is 103 cm³/mol. The SMILES string of the molecule is CCNC(=O)c1cc2[nH]c(Nc3c(Cl)cc(F)cc3Cl)nc2nc1OCC(F)F. The molecule has 0 spiro atoms. The number of alkyl halides is 2. The lowest BCUT2D eigenvalue weighted by Crippen LogP contribution is -2.24. The van der Waals surface area contributed by atoms with Gasteiger partial charge in [-0.15, -0.1) is 0 Å². The highest BCUT2D eigenvalue weighted by molar-refractivity contribution is 6.39. The van der Waals surface area contributed by atoms with Crippen molar-refractivity contribution in [3.8, 4) is 5.88 Å². The standard InChI is InChI=1S/C17H14Cl2F3N5O2/c1-2-23-15(28)8-5-11-14(26-16(8)29-6-12(21)22)27-17(24-11)25-13-9(18)3-7(20)4-10(13)19/h3-5,12H,2,6H2,1H3,(H,23,28)(H2,24,25,26,27). The number of halogens is 5. The number of nitrogens with one attached hydrogen (secondary N) is 3. The smallest absolute Gasteiger partial charge is 0.272 e. The fourth-order valence-corrected chi connectivity index (χ4v) is 2.99. The van der Waals surface area contributed by atoms with E-state index in [1.165, 1.54) is 6.07 Å². The summed E-state index contributed by atoms with van der Waals surface area (Å²) in [5.41, 5.74) is 0.589. The summed E-state index contributed by atoms with van der Waals surface area (Å²) in [6.07, 6.45) is -2.74. The zero-order valence-electron chi connectivity index (χ0n) is 14.8. The fourth-order valence-electron chi connectivity index (χ4n) is 2.44. The summed E-state index contributed by atoms with van der Waals surface area (Å²) in [6.45, 7) is 1.10. The molecule has 29 heavy (non-hydrogen) atoms. The summed E-state index contributed by atoms with van der Waals surface area (Å²) in [5, 5.41) is 5.40. The first-order chi connectivity index (χ1) is 13.8. The summed E-state index contributed by atoms with van der Waals surface area (Å²) in [7, 11) is 0. The highest BCUT2D eigenvalue weighted by Crippen LogP contribution is 2.33. The van der Waals surface area contributed by atoms with E-state index >= 15 is 0 Å². The van der Waals surface area contributed by atoms with E-state index in [1.807, 2.05) is 0 Å². The molecule has 3 aromatic rings. The molecule has 1 amide bonds. The van der Waals surface area contributed by atoms with Gasteiger partial charge in [0.1, 0.15) is 11.4 Å². The minimum absolute atomic E-state index is 0.0207. The van der Waals surface area contributed by atoms with Gasteiger partial charge in [-0.3, -0.25) is 4.79 Å². The Kier molecular flexibility index (Phi) is 6.33. The summed E-state index contributed by atoms with van der Waals surface area (Å²) < 4.78 is 43.4. The van der Waals surface area contributed by atoms with Crippen LogP contribution in [0.2, 0.25) is 10.0 Å². The number of anilines is 2. The number of ether oxygens (including phenoxy) is 1. The molecular weight excluding hydrogens is 434 g/mol. The number of carbonyl (C=O) groups is 1. The summed E-state index contributed by atoms with van der Waals surface area (Å²) >= 11 is 12.0. The van der Waals surface area contributed by atoms with Gasteiger partial charge in [-0.2, -0.15) is 9.97 Å². The van der Waals surface area contributed by atoms with Crippen molar-refractivity contribution in [1.82, 2.24) is 20.3 Å². The maximum Gasteiger partial charge on any atom is 0.272 e. The number of nitrogens with zero attached hydrogens (tertiary/aromatic N) is 2. The summed E-state index contributed by atoms with van der Waals surface area (Å²) in [5.74, 6) is -1.29. The largest absolute Gasteiger partial charge is 0.471 e. The third-order valence-corrected chi connectivity index (χ3v) is 4.21. The number of benzene rings is 1. The molecule has 0 saturated heterocycles. The third-order valence-electron chi connectivity index (χ3n) is 3.62. The molecule has 0 saturated carbocycles. The van der Waals surface area contributed by atoms with E-state index in [-0.39, 0.29) is 38.8 Å². The number of hydrogen-bond acceptors (Lipinski definition) is 5. The van der Waals surface area contributed by atoms with Gasteiger partial charge in [-0.1, -0.05) is 23.2 Å². The van der Waals surface area contributed by atoms with Gasteiger partial charge in [0.25, 0.3) is 12.3 Å². The zero-order chi connectivity index (χ0) is 21.1. The molecule has 12 heteroatoms. The summed E-state index contributed by atoms with van der Waals surface area (Å²) in [6, 6.07) is 3.51. The zero-order valence-corrected chi connectivity index (χ0v) is 16.3. The van der Waals surface area contributed by atoms with Crippen LogP contribution in [0.1, 0.15) is 17.3 Å². The minimum atomic E-state index is -2.74. The number of aromatic nitrogens is 3. The average molecular weight is 448 g/mol. The van der Waals surface area contributed by atoms with Crippen LogP contribution in [0.3, 0.4) is 0 Å². The van der Waals surface area contributed by atoms with Crippen molar-refractivity contribution in [1.29, 1.82) is 0 Å². The molecule has 3 rings (SSSR count). The normalized spacial score (nSPS) is 11.1. The molecule has 1 aromatic carbocycles. The van der Waals surface area contributed by atoms with Crippen molar-refractivity contribution in [3.05, 3.63) is 39.6 Å². The lowest BCUT2D eigenvalue weighted by Gasteiger charge is -2.09. The first-order valence-electron chi connectivity index (χ1n) is 8.30. The Bertz CT molecular complexity index is 1040. The van der Waals surface area contributed by atoms with E-state index in [1.54, 1.807) is 6.92 Å². The molecule has 0 fully saturated rings. The topological polar surface area (TPSA) is 91.9 Å². The first-order valence-corrected chi connectivity index (χ1v) is 9.05.